The van der Waals surface area contributed by atoms with Crippen LogP contribution in [0, 0.1) is 5.82 Å². The highest BCUT2D eigenvalue weighted by Crippen LogP contribution is 2.38. The Hall–Kier alpha value is -4.00. The average Bonchev–Trinajstić information content (AvgIpc) is 2.82. The van der Waals surface area contributed by atoms with Crippen molar-refractivity contribution in [2.75, 3.05) is 18.6 Å². The number of aromatic nitrogens is 2. The molecule has 6 nitrogen and oxygen atoms in total. The van der Waals surface area contributed by atoms with Crippen LogP contribution in [0.2, 0.25) is 0 Å². The molecule has 0 radical (unpaired) electrons. The first-order valence-electron chi connectivity index (χ1n) is 10.3. The number of fused-ring (bicyclic) bond motifs is 2. The standard InChI is InChI=1S/C25H20FN3O3/c1-32-19-8-4-15(5-9-19)23-24(28-21-14-17(25(30)31)6-10-20(21)27-23)29-12-2-3-16-13-18(26)7-11-22(16)29/h4-11,13-14H,2-3,12H2,1H3,(H,30,31). The Bertz CT molecular complexity index is 1340. The Morgan fingerprint density at radius 1 is 1.03 bits per heavy atom. The van der Waals surface area contributed by atoms with Crippen LogP contribution in [0.1, 0.15) is 22.3 Å². The summed E-state index contributed by atoms with van der Waals surface area (Å²) >= 11 is 0. The second kappa shape index (κ2) is 7.92. The van der Waals surface area contributed by atoms with E-state index in [1.807, 2.05) is 29.2 Å². The molecule has 160 valence electrons. The van der Waals surface area contributed by atoms with Crippen molar-refractivity contribution in [2.45, 2.75) is 12.8 Å². The number of anilines is 2. The van der Waals surface area contributed by atoms with Crippen molar-refractivity contribution in [3.8, 4) is 17.0 Å². The Balaban J connectivity index is 1.74. The van der Waals surface area contributed by atoms with Gasteiger partial charge in [0, 0.05) is 17.8 Å². The molecular formula is C25H20FN3O3. The number of benzene rings is 3. The van der Waals surface area contributed by atoms with E-state index in [0.717, 1.165) is 35.4 Å². The molecule has 32 heavy (non-hydrogen) atoms. The van der Waals surface area contributed by atoms with Gasteiger partial charge in [-0.15, -0.1) is 0 Å². The van der Waals surface area contributed by atoms with Gasteiger partial charge in [0.15, 0.2) is 5.82 Å². The number of hydrogen-bond donors (Lipinski definition) is 1. The molecule has 0 aliphatic carbocycles. The van der Waals surface area contributed by atoms with Gasteiger partial charge in [0.05, 0.1) is 23.7 Å². The van der Waals surface area contributed by atoms with Crippen molar-refractivity contribution in [2.24, 2.45) is 0 Å². The quantitative estimate of drug-likeness (QED) is 0.479. The lowest BCUT2D eigenvalue weighted by molar-refractivity contribution is 0.0697. The normalized spacial score (nSPS) is 13.1. The van der Waals surface area contributed by atoms with E-state index < -0.39 is 5.97 Å². The Morgan fingerprint density at radius 2 is 1.84 bits per heavy atom. The lowest BCUT2D eigenvalue weighted by Gasteiger charge is -2.31. The van der Waals surface area contributed by atoms with E-state index >= 15 is 0 Å². The van der Waals surface area contributed by atoms with Crippen LogP contribution in [-0.4, -0.2) is 34.7 Å². The number of aryl methyl sites for hydroxylation is 1. The number of rotatable bonds is 4. The van der Waals surface area contributed by atoms with Crippen LogP contribution < -0.4 is 9.64 Å². The van der Waals surface area contributed by atoms with Gasteiger partial charge in [0.25, 0.3) is 0 Å². The number of halogens is 1. The van der Waals surface area contributed by atoms with Crippen molar-refractivity contribution >= 4 is 28.5 Å². The minimum Gasteiger partial charge on any atom is -0.497 e. The fourth-order valence-electron chi connectivity index (χ4n) is 4.09. The summed E-state index contributed by atoms with van der Waals surface area (Å²) in [5.41, 5.74) is 4.56. The Morgan fingerprint density at radius 3 is 2.59 bits per heavy atom. The first-order valence-corrected chi connectivity index (χ1v) is 10.3. The number of hydrogen-bond acceptors (Lipinski definition) is 5. The topological polar surface area (TPSA) is 75.5 Å². The predicted molar refractivity (Wildman–Crippen MR) is 120 cm³/mol. The summed E-state index contributed by atoms with van der Waals surface area (Å²) < 4.78 is 19.1. The highest BCUT2D eigenvalue weighted by molar-refractivity contribution is 5.94. The monoisotopic (exact) mass is 429 g/mol. The molecule has 0 atom stereocenters. The van der Waals surface area contributed by atoms with Crippen LogP contribution >= 0.6 is 0 Å². The Kier molecular flexibility index (Phi) is 4.93. The summed E-state index contributed by atoms with van der Waals surface area (Å²) in [5.74, 6) is 0.0525. The van der Waals surface area contributed by atoms with E-state index in [1.165, 1.54) is 18.2 Å². The number of aromatic carboxylic acids is 1. The maximum atomic E-state index is 13.9. The fourth-order valence-corrected chi connectivity index (χ4v) is 4.09. The van der Waals surface area contributed by atoms with Gasteiger partial charge in [-0.25, -0.2) is 19.2 Å². The third kappa shape index (κ3) is 3.51. The fraction of sp³-hybridized carbons (Fsp3) is 0.160. The molecule has 1 aliphatic heterocycles. The first-order chi connectivity index (χ1) is 15.5. The maximum Gasteiger partial charge on any atom is 0.335 e. The van der Waals surface area contributed by atoms with E-state index in [4.69, 9.17) is 14.7 Å². The molecule has 4 aromatic rings. The van der Waals surface area contributed by atoms with Gasteiger partial charge in [0.1, 0.15) is 17.3 Å². The van der Waals surface area contributed by atoms with Gasteiger partial charge < -0.3 is 14.7 Å². The summed E-state index contributed by atoms with van der Waals surface area (Å²) in [4.78, 5) is 23.2. The highest BCUT2D eigenvalue weighted by Gasteiger charge is 2.24. The predicted octanol–water partition coefficient (Wildman–Crippen LogP) is 5.23. The third-order valence-corrected chi connectivity index (χ3v) is 5.67. The summed E-state index contributed by atoms with van der Waals surface area (Å²) in [7, 11) is 1.61. The van der Waals surface area contributed by atoms with Gasteiger partial charge in [-0.2, -0.15) is 0 Å². The van der Waals surface area contributed by atoms with Crippen molar-refractivity contribution in [1.29, 1.82) is 0 Å². The molecule has 0 unspecified atom stereocenters. The Labute approximate surface area is 183 Å². The molecule has 0 saturated carbocycles. The molecule has 0 bridgehead atoms. The van der Waals surface area contributed by atoms with E-state index in [0.29, 0.717) is 29.1 Å². The lowest BCUT2D eigenvalue weighted by atomic mass is 10.0. The first kappa shape index (κ1) is 19.9. The summed E-state index contributed by atoms with van der Waals surface area (Å²) in [5, 5.41) is 9.39. The average molecular weight is 429 g/mol. The van der Waals surface area contributed by atoms with Crippen LogP contribution in [0.25, 0.3) is 22.3 Å². The molecule has 7 heteroatoms. The van der Waals surface area contributed by atoms with E-state index in [-0.39, 0.29) is 11.4 Å². The van der Waals surface area contributed by atoms with E-state index in [9.17, 15) is 14.3 Å². The molecule has 1 aromatic heterocycles. The molecule has 5 rings (SSSR count). The molecule has 0 fully saturated rings. The summed E-state index contributed by atoms with van der Waals surface area (Å²) in [6.45, 7) is 0.695. The zero-order chi connectivity index (χ0) is 22.2. The SMILES string of the molecule is COc1ccc(-c2nc3ccc(C(=O)O)cc3nc2N2CCCc3cc(F)ccc32)cc1. The largest absolute Gasteiger partial charge is 0.497 e. The number of carbonyl (C=O) groups is 1. The molecule has 0 amide bonds. The number of carboxylic acid groups (broad SMARTS) is 1. The second-order valence-corrected chi connectivity index (χ2v) is 7.66. The smallest absolute Gasteiger partial charge is 0.335 e. The molecule has 3 aromatic carbocycles. The maximum absolute atomic E-state index is 13.9. The molecule has 0 spiro atoms. The third-order valence-electron chi connectivity index (χ3n) is 5.67. The number of carboxylic acids is 1. The molecule has 1 N–H and O–H groups in total. The van der Waals surface area contributed by atoms with Gasteiger partial charge in [-0.05, 0) is 79.1 Å². The van der Waals surface area contributed by atoms with Crippen molar-refractivity contribution in [1.82, 2.24) is 9.97 Å². The second-order valence-electron chi connectivity index (χ2n) is 7.66. The number of ether oxygens (including phenoxy) is 1. The van der Waals surface area contributed by atoms with Crippen LogP contribution in [-0.2, 0) is 6.42 Å². The minimum atomic E-state index is -1.02. The zero-order valence-corrected chi connectivity index (χ0v) is 17.4. The van der Waals surface area contributed by atoms with Crippen molar-refractivity contribution < 1.29 is 19.0 Å². The van der Waals surface area contributed by atoms with Gasteiger partial charge in [-0.3, -0.25) is 0 Å². The van der Waals surface area contributed by atoms with Crippen LogP contribution in [0.5, 0.6) is 5.75 Å². The van der Waals surface area contributed by atoms with Crippen LogP contribution in [0.4, 0.5) is 15.9 Å². The van der Waals surface area contributed by atoms with Crippen molar-refractivity contribution in [3.05, 3.63) is 77.6 Å². The zero-order valence-electron chi connectivity index (χ0n) is 17.4. The molecule has 0 saturated heterocycles. The van der Waals surface area contributed by atoms with Crippen LogP contribution in [0.15, 0.2) is 60.7 Å². The minimum absolute atomic E-state index is 0.149. The molecule has 1 aliphatic rings. The number of methoxy groups -OCH3 is 1. The summed E-state index contributed by atoms with van der Waals surface area (Å²) in [6.07, 6.45) is 1.62. The van der Waals surface area contributed by atoms with E-state index in [1.54, 1.807) is 25.3 Å². The lowest BCUT2D eigenvalue weighted by Crippen LogP contribution is -2.26. The van der Waals surface area contributed by atoms with Gasteiger partial charge in [-0.1, -0.05) is 0 Å². The highest BCUT2D eigenvalue weighted by atomic mass is 19.1. The number of nitrogens with zero attached hydrogens (tertiary/aromatic N) is 3. The molecule has 2 heterocycles. The van der Waals surface area contributed by atoms with Crippen LogP contribution in [0.3, 0.4) is 0 Å². The molecular weight excluding hydrogens is 409 g/mol. The van der Waals surface area contributed by atoms with Gasteiger partial charge >= 0.3 is 5.97 Å². The van der Waals surface area contributed by atoms with Crippen molar-refractivity contribution in [3.63, 3.8) is 0 Å². The van der Waals surface area contributed by atoms with E-state index in [2.05, 4.69) is 0 Å². The summed E-state index contributed by atoms with van der Waals surface area (Å²) in [6, 6.07) is 17.0. The van der Waals surface area contributed by atoms with Gasteiger partial charge in [0.2, 0.25) is 0 Å².